The zero-order valence-electron chi connectivity index (χ0n) is 16.4. The molecule has 2 aliphatic rings. The average molecular weight is 375 g/mol. The summed E-state index contributed by atoms with van der Waals surface area (Å²) in [5, 5.41) is 12.2. The average Bonchev–Trinajstić information content (AvgIpc) is 3.05. The van der Waals surface area contributed by atoms with Crippen molar-refractivity contribution in [1.29, 1.82) is 5.26 Å². The van der Waals surface area contributed by atoms with Gasteiger partial charge in [0.2, 0.25) is 0 Å². The first kappa shape index (κ1) is 18.5. The molecule has 1 N–H and O–H groups in total. The normalized spacial score (nSPS) is 27.1. The second kappa shape index (κ2) is 6.92. The number of amides is 2. The monoisotopic (exact) mass is 375 g/mol. The Balaban J connectivity index is 1.54. The van der Waals surface area contributed by atoms with E-state index in [0.29, 0.717) is 17.9 Å². The van der Waals surface area contributed by atoms with Gasteiger partial charge in [0.1, 0.15) is 11.9 Å². The van der Waals surface area contributed by atoms with Crippen LogP contribution in [0.25, 0.3) is 0 Å². The Morgan fingerprint density at radius 3 is 2.39 bits per heavy atom. The predicted molar refractivity (Wildman–Crippen MR) is 108 cm³/mol. The van der Waals surface area contributed by atoms with Crippen molar-refractivity contribution in [3.8, 4) is 6.07 Å². The van der Waals surface area contributed by atoms with Gasteiger partial charge in [0.05, 0.1) is 17.6 Å². The summed E-state index contributed by atoms with van der Waals surface area (Å²) in [6.45, 7) is 0.614. The van der Waals surface area contributed by atoms with E-state index >= 15 is 0 Å². The lowest BCUT2D eigenvalue weighted by atomic mass is 9.69. The van der Waals surface area contributed by atoms with Crippen LogP contribution in [0.3, 0.4) is 0 Å². The summed E-state index contributed by atoms with van der Waals surface area (Å²) in [6, 6.07) is 16.1. The molecule has 2 aromatic rings. The number of benzene rings is 1. The summed E-state index contributed by atoms with van der Waals surface area (Å²) in [7, 11) is 4.29. The number of nitrogens with zero attached hydrogens (tertiary/aromatic N) is 4. The molecule has 1 aliphatic carbocycles. The van der Waals surface area contributed by atoms with Crippen LogP contribution in [0.4, 0.5) is 10.6 Å². The molecule has 2 fully saturated rings. The number of nitrogens with one attached hydrogen (secondary N) is 1. The van der Waals surface area contributed by atoms with E-state index < -0.39 is 0 Å². The Kier molecular flexibility index (Phi) is 4.56. The van der Waals surface area contributed by atoms with E-state index in [2.05, 4.69) is 65.7 Å². The van der Waals surface area contributed by atoms with Crippen LogP contribution in [0.1, 0.15) is 36.8 Å². The molecule has 0 bridgehead atoms. The lowest BCUT2D eigenvalue weighted by Crippen LogP contribution is -2.54. The molecule has 1 aromatic heterocycles. The number of pyridine rings is 1. The van der Waals surface area contributed by atoms with Crippen molar-refractivity contribution >= 4 is 11.8 Å². The first-order valence-corrected chi connectivity index (χ1v) is 9.67. The molecule has 0 radical (unpaired) electrons. The third kappa shape index (κ3) is 3.02. The number of anilines is 1. The number of carbonyl (C=O) groups excluding carboxylic acids is 1. The fraction of sp³-hybridized carbons (Fsp3) is 0.409. The molecule has 1 aromatic carbocycles. The van der Waals surface area contributed by atoms with Gasteiger partial charge in [-0.1, -0.05) is 30.3 Å². The van der Waals surface area contributed by atoms with Crippen molar-refractivity contribution in [2.45, 2.75) is 36.8 Å². The first-order valence-electron chi connectivity index (χ1n) is 9.67. The molecule has 1 spiro atoms. The predicted octanol–water partition coefficient (Wildman–Crippen LogP) is 3.25. The summed E-state index contributed by atoms with van der Waals surface area (Å²) in [5.74, 6) is 0.598. The zero-order chi connectivity index (χ0) is 19.8. The number of aromatic nitrogens is 1. The van der Waals surface area contributed by atoms with Gasteiger partial charge in [0.15, 0.2) is 0 Å². The van der Waals surface area contributed by atoms with E-state index in [9.17, 15) is 4.79 Å². The van der Waals surface area contributed by atoms with E-state index in [1.807, 2.05) is 0 Å². The van der Waals surface area contributed by atoms with E-state index in [1.165, 1.54) is 11.8 Å². The lowest BCUT2D eigenvalue weighted by molar-refractivity contribution is 0.0657. The van der Waals surface area contributed by atoms with Gasteiger partial charge in [0.25, 0.3) is 0 Å². The molecule has 6 heteroatoms. The fourth-order valence-corrected chi connectivity index (χ4v) is 4.67. The summed E-state index contributed by atoms with van der Waals surface area (Å²) in [6.07, 6.45) is 5.32. The number of hydrogen-bond acceptors (Lipinski definition) is 4. The summed E-state index contributed by atoms with van der Waals surface area (Å²) < 4.78 is 0. The SMILES string of the molecule is CN(C)[C@]1(c2ccccc2)CC[C@]2(CC1)CN(c1ccc(C#N)cn1)C(=O)N2. The molecule has 1 saturated carbocycles. The van der Waals surface area contributed by atoms with E-state index in [-0.39, 0.29) is 17.1 Å². The van der Waals surface area contributed by atoms with Gasteiger partial charge in [0, 0.05) is 11.7 Å². The third-order valence-electron chi connectivity index (χ3n) is 6.43. The van der Waals surface area contributed by atoms with Crippen LogP contribution in [-0.2, 0) is 5.54 Å². The van der Waals surface area contributed by atoms with Crippen LogP contribution in [0.15, 0.2) is 48.7 Å². The summed E-state index contributed by atoms with van der Waals surface area (Å²) in [4.78, 5) is 21.0. The zero-order valence-corrected chi connectivity index (χ0v) is 16.4. The highest BCUT2D eigenvalue weighted by Gasteiger charge is 2.50. The molecule has 2 heterocycles. The van der Waals surface area contributed by atoms with Gasteiger partial charge in [-0.3, -0.25) is 9.80 Å². The van der Waals surface area contributed by atoms with Crippen LogP contribution in [0.5, 0.6) is 0 Å². The third-order valence-corrected chi connectivity index (χ3v) is 6.43. The second-order valence-corrected chi connectivity index (χ2v) is 8.11. The van der Waals surface area contributed by atoms with E-state index in [1.54, 1.807) is 17.0 Å². The minimum Gasteiger partial charge on any atom is -0.330 e. The van der Waals surface area contributed by atoms with Crippen LogP contribution >= 0.6 is 0 Å². The Morgan fingerprint density at radius 1 is 1.11 bits per heavy atom. The number of urea groups is 1. The maximum absolute atomic E-state index is 12.7. The van der Waals surface area contributed by atoms with Crippen LogP contribution in [-0.4, -0.2) is 42.1 Å². The number of rotatable bonds is 3. The first-order chi connectivity index (χ1) is 13.5. The molecule has 4 rings (SSSR count). The van der Waals surface area contributed by atoms with E-state index in [4.69, 9.17) is 5.26 Å². The Bertz CT molecular complexity index is 893. The quantitative estimate of drug-likeness (QED) is 0.894. The number of carbonyl (C=O) groups is 1. The van der Waals surface area contributed by atoms with Gasteiger partial charge < -0.3 is 5.32 Å². The van der Waals surface area contributed by atoms with Gasteiger partial charge in [-0.2, -0.15) is 5.26 Å². The summed E-state index contributed by atoms with van der Waals surface area (Å²) >= 11 is 0. The van der Waals surface area contributed by atoms with Crippen molar-refractivity contribution in [1.82, 2.24) is 15.2 Å². The molecular weight excluding hydrogens is 350 g/mol. The Labute approximate surface area is 165 Å². The van der Waals surface area contributed by atoms with Gasteiger partial charge in [-0.25, -0.2) is 9.78 Å². The molecule has 144 valence electrons. The minimum absolute atomic E-state index is 0.00263. The van der Waals surface area contributed by atoms with Crippen LogP contribution in [0, 0.1) is 11.3 Å². The Morgan fingerprint density at radius 2 is 1.82 bits per heavy atom. The van der Waals surface area contributed by atoms with Crippen LogP contribution in [0.2, 0.25) is 0 Å². The maximum atomic E-state index is 12.7. The standard InChI is InChI=1S/C22H25N5O/c1-26(2)22(18-6-4-3-5-7-18)12-10-21(11-13-22)16-27(20(28)25-21)19-9-8-17(14-23)15-24-19/h3-9,15H,10-13,16H2,1-2H3,(H,25,28)/t21-,22+. The van der Waals surface area contributed by atoms with Crippen molar-refractivity contribution < 1.29 is 4.79 Å². The van der Waals surface area contributed by atoms with E-state index in [0.717, 1.165) is 25.7 Å². The molecule has 1 aliphatic heterocycles. The molecule has 0 unspecified atom stereocenters. The molecule has 6 nitrogen and oxygen atoms in total. The highest BCUT2D eigenvalue weighted by Crippen LogP contribution is 2.46. The Hall–Kier alpha value is -2.91. The smallest absolute Gasteiger partial charge is 0.323 e. The maximum Gasteiger partial charge on any atom is 0.323 e. The van der Waals surface area contributed by atoms with Gasteiger partial charge in [-0.15, -0.1) is 0 Å². The summed E-state index contributed by atoms with van der Waals surface area (Å²) in [5.41, 5.74) is 1.61. The molecule has 1 saturated heterocycles. The lowest BCUT2D eigenvalue weighted by Gasteiger charge is -2.48. The number of hydrogen-bond donors (Lipinski definition) is 1. The molecule has 28 heavy (non-hydrogen) atoms. The molecule has 0 atom stereocenters. The van der Waals surface area contributed by atoms with Crippen LogP contribution < -0.4 is 10.2 Å². The second-order valence-electron chi connectivity index (χ2n) is 8.11. The van der Waals surface area contributed by atoms with Crippen molar-refractivity contribution in [3.05, 3.63) is 59.8 Å². The van der Waals surface area contributed by atoms with Crippen molar-refractivity contribution in [2.24, 2.45) is 0 Å². The minimum atomic E-state index is -0.221. The molecule has 2 amide bonds. The number of nitriles is 1. The van der Waals surface area contributed by atoms with Gasteiger partial charge >= 0.3 is 6.03 Å². The van der Waals surface area contributed by atoms with Crippen molar-refractivity contribution in [2.75, 3.05) is 25.5 Å². The van der Waals surface area contributed by atoms with Crippen molar-refractivity contribution in [3.63, 3.8) is 0 Å². The molecular formula is C22H25N5O. The van der Waals surface area contributed by atoms with Gasteiger partial charge in [-0.05, 0) is 57.5 Å². The fourth-order valence-electron chi connectivity index (χ4n) is 4.67. The topological polar surface area (TPSA) is 72.3 Å². The highest BCUT2D eigenvalue weighted by molar-refractivity contribution is 5.94. The largest absolute Gasteiger partial charge is 0.330 e. The highest BCUT2D eigenvalue weighted by atomic mass is 16.2.